The van der Waals surface area contributed by atoms with E-state index in [1.54, 1.807) is 12.1 Å². The summed E-state index contributed by atoms with van der Waals surface area (Å²) in [5.41, 5.74) is 0.606. The van der Waals surface area contributed by atoms with Gasteiger partial charge in [-0.15, -0.1) is 11.6 Å². The van der Waals surface area contributed by atoms with E-state index in [-0.39, 0.29) is 19.0 Å². The molecule has 0 bridgehead atoms. The van der Waals surface area contributed by atoms with Crippen LogP contribution in [0.3, 0.4) is 0 Å². The van der Waals surface area contributed by atoms with E-state index < -0.39 is 12.7 Å². The molecular weight excluding hydrogens is 269 g/mol. The lowest BCUT2D eigenvalue weighted by molar-refractivity contribution is -0.146. The predicted molar refractivity (Wildman–Crippen MR) is 62.8 cm³/mol. The van der Waals surface area contributed by atoms with Crippen LogP contribution in [0.2, 0.25) is 0 Å². The van der Waals surface area contributed by atoms with Crippen LogP contribution in [-0.4, -0.2) is 42.1 Å². The van der Waals surface area contributed by atoms with Gasteiger partial charge in [-0.05, 0) is 6.07 Å². The van der Waals surface area contributed by atoms with Crippen LogP contribution in [0, 0.1) is 0 Å². The molecule has 1 aromatic heterocycles. The molecule has 0 amide bonds. The van der Waals surface area contributed by atoms with Crippen LogP contribution in [0.25, 0.3) is 0 Å². The smallest absolute Gasteiger partial charge is 0.401 e. The minimum absolute atomic E-state index is 0.100. The maximum absolute atomic E-state index is 12.4. The number of alkyl halides is 4. The molecule has 0 aliphatic heterocycles. The first-order valence-corrected chi connectivity index (χ1v) is 5.82. The summed E-state index contributed by atoms with van der Waals surface area (Å²) in [6.45, 7) is -0.750. The van der Waals surface area contributed by atoms with Gasteiger partial charge in [-0.1, -0.05) is 6.07 Å². The van der Waals surface area contributed by atoms with E-state index in [0.717, 1.165) is 0 Å². The minimum atomic E-state index is -4.25. The first-order chi connectivity index (χ1) is 8.46. The van der Waals surface area contributed by atoms with Crippen molar-refractivity contribution >= 4 is 11.6 Å². The molecule has 0 saturated carbocycles. The molecule has 0 aromatic carbocycles. The van der Waals surface area contributed by atoms with Gasteiger partial charge < -0.3 is 4.74 Å². The number of hydrogen-bond acceptors (Lipinski definition) is 3. The second-order valence-electron chi connectivity index (χ2n) is 3.69. The summed E-state index contributed by atoms with van der Waals surface area (Å²) >= 11 is 5.51. The van der Waals surface area contributed by atoms with Crippen molar-refractivity contribution < 1.29 is 17.9 Å². The second-order valence-corrected chi connectivity index (χ2v) is 4.06. The molecule has 102 valence electrons. The van der Waals surface area contributed by atoms with E-state index in [1.165, 1.54) is 18.2 Å². The van der Waals surface area contributed by atoms with Crippen molar-refractivity contribution in [2.45, 2.75) is 12.7 Å². The highest BCUT2D eigenvalue weighted by atomic mass is 35.5. The standard InChI is InChI=1S/C11H14ClF3N2O/c1-18-10-9(3-2-5-16-10)7-17(6-4-12)8-11(13,14)15/h2-3,5H,4,6-8H2,1H3. The molecular formula is C11H14ClF3N2O. The summed E-state index contributed by atoms with van der Waals surface area (Å²) in [7, 11) is 1.43. The number of nitrogens with zero attached hydrogens (tertiary/aromatic N) is 2. The zero-order valence-electron chi connectivity index (χ0n) is 9.88. The number of pyridine rings is 1. The van der Waals surface area contributed by atoms with Crippen LogP contribution in [0.15, 0.2) is 18.3 Å². The number of rotatable bonds is 6. The molecule has 0 unspecified atom stereocenters. The molecule has 0 aliphatic carbocycles. The van der Waals surface area contributed by atoms with E-state index in [4.69, 9.17) is 16.3 Å². The first-order valence-electron chi connectivity index (χ1n) is 5.29. The van der Waals surface area contributed by atoms with Gasteiger partial charge in [0.15, 0.2) is 0 Å². The number of methoxy groups -OCH3 is 1. The van der Waals surface area contributed by atoms with Gasteiger partial charge in [0.1, 0.15) is 0 Å². The summed E-state index contributed by atoms with van der Waals surface area (Å²) in [6, 6.07) is 3.34. The highest BCUT2D eigenvalue weighted by Crippen LogP contribution is 2.21. The van der Waals surface area contributed by atoms with Crippen molar-refractivity contribution in [3.8, 4) is 5.88 Å². The third-order valence-corrected chi connectivity index (χ3v) is 2.41. The molecule has 0 atom stereocenters. The van der Waals surface area contributed by atoms with Crippen LogP contribution < -0.4 is 4.74 Å². The Morgan fingerprint density at radius 2 is 2.17 bits per heavy atom. The summed E-state index contributed by atoms with van der Waals surface area (Å²) in [5, 5.41) is 0. The molecule has 0 saturated heterocycles. The lowest BCUT2D eigenvalue weighted by atomic mass is 10.2. The minimum Gasteiger partial charge on any atom is -0.481 e. The SMILES string of the molecule is COc1ncccc1CN(CCCl)CC(F)(F)F. The number of hydrogen-bond donors (Lipinski definition) is 0. The normalized spacial score (nSPS) is 11.9. The van der Waals surface area contributed by atoms with Crippen molar-refractivity contribution in [3.63, 3.8) is 0 Å². The zero-order chi connectivity index (χ0) is 13.6. The van der Waals surface area contributed by atoms with Gasteiger partial charge in [-0.3, -0.25) is 4.90 Å². The molecule has 3 nitrogen and oxygen atoms in total. The van der Waals surface area contributed by atoms with E-state index in [1.807, 2.05) is 0 Å². The lowest BCUT2D eigenvalue weighted by Gasteiger charge is -2.23. The fourth-order valence-corrected chi connectivity index (χ4v) is 1.80. The Labute approximate surface area is 109 Å². The second kappa shape index (κ2) is 6.80. The Balaban J connectivity index is 2.76. The summed E-state index contributed by atoms with van der Waals surface area (Å²) < 4.78 is 42.2. The highest BCUT2D eigenvalue weighted by Gasteiger charge is 2.30. The van der Waals surface area contributed by atoms with Gasteiger partial charge in [0, 0.05) is 30.7 Å². The Kier molecular flexibility index (Phi) is 5.68. The molecule has 7 heteroatoms. The summed E-state index contributed by atoms with van der Waals surface area (Å²) in [6.07, 6.45) is -2.72. The van der Waals surface area contributed by atoms with Gasteiger partial charge in [-0.25, -0.2) is 4.98 Å². The lowest BCUT2D eigenvalue weighted by Crippen LogP contribution is -2.35. The Bertz CT molecular complexity index is 374. The van der Waals surface area contributed by atoms with Crippen LogP contribution in [-0.2, 0) is 6.54 Å². The maximum Gasteiger partial charge on any atom is 0.401 e. The first kappa shape index (κ1) is 15.0. The topological polar surface area (TPSA) is 25.4 Å². The average Bonchev–Trinajstić information content (AvgIpc) is 2.28. The summed E-state index contributed by atoms with van der Waals surface area (Å²) in [5.74, 6) is 0.470. The molecule has 1 rings (SSSR count). The van der Waals surface area contributed by atoms with Crippen LogP contribution in [0.5, 0.6) is 5.88 Å². The third kappa shape index (κ3) is 5.10. The van der Waals surface area contributed by atoms with E-state index in [0.29, 0.717) is 11.4 Å². The number of ether oxygens (including phenoxy) is 1. The van der Waals surface area contributed by atoms with Gasteiger partial charge in [-0.2, -0.15) is 13.2 Å². The van der Waals surface area contributed by atoms with Crippen LogP contribution >= 0.6 is 11.6 Å². The van der Waals surface area contributed by atoms with Crippen LogP contribution in [0.1, 0.15) is 5.56 Å². The van der Waals surface area contributed by atoms with Crippen molar-refractivity contribution in [1.29, 1.82) is 0 Å². The van der Waals surface area contributed by atoms with Crippen molar-refractivity contribution in [2.24, 2.45) is 0 Å². The zero-order valence-corrected chi connectivity index (χ0v) is 10.6. The van der Waals surface area contributed by atoms with Gasteiger partial charge in [0.2, 0.25) is 5.88 Å². The summed E-state index contributed by atoms with van der Waals surface area (Å²) in [4.78, 5) is 5.16. The van der Waals surface area contributed by atoms with Gasteiger partial charge in [0.25, 0.3) is 0 Å². The van der Waals surface area contributed by atoms with E-state index in [9.17, 15) is 13.2 Å². The quantitative estimate of drug-likeness (QED) is 0.750. The highest BCUT2D eigenvalue weighted by molar-refractivity contribution is 6.18. The van der Waals surface area contributed by atoms with Crippen LogP contribution in [0.4, 0.5) is 13.2 Å². The largest absolute Gasteiger partial charge is 0.481 e. The molecule has 18 heavy (non-hydrogen) atoms. The average molecular weight is 283 g/mol. The molecule has 0 N–H and O–H groups in total. The van der Waals surface area contributed by atoms with Crippen molar-refractivity contribution in [3.05, 3.63) is 23.9 Å². The molecule has 0 spiro atoms. The number of halogens is 4. The molecule has 1 heterocycles. The maximum atomic E-state index is 12.4. The van der Waals surface area contributed by atoms with E-state index in [2.05, 4.69) is 4.98 Å². The molecule has 0 fully saturated rings. The predicted octanol–water partition coefficient (Wildman–Crippen LogP) is 2.69. The van der Waals surface area contributed by atoms with Crippen molar-refractivity contribution in [2.75, 3.05) is 26.1 Å². The molecule has 0 aliphatic rings. The Hall–Kier alpha value is -1.01. The Morgan fingerprint density at radius 3 is 2.72 bits per heavy atom. The fourth-order valence-electron chi connectivity index (χ4n) is 1.56. The number of aromatic nitrogens is 1. The van der Waals surface area contributed by atoms with Gasteiger partial charge in [0.05, 0.1) is 13.7 Å². The van der Waals surface area contributed by atoms with Gasteiger partial charge >= 0.3 is 6.18 Å². The molecule has 1 aromatic rings. The Morgan fingerprint density at radius 1 is 1.44 bits per heavy atom. The third-order valence-electron chi connectivity index (χ3n) is 2.24. The monoisotopic (exact) mass is 282 g/mol. The van der Waals surface area contributed by atoms with E-state index >= 15 is 0 Å². The van der Waals surface area contributed by atoms with Crippen molar-refractivity contribution in [1.82, 2.24) is 9.88 Å². The molecule has 0 radical (unpaired) electrons. The fraction of sp³-hybridized carbons (Fsp3) is 0.545.